The summed E-state index contributed by atoms with van der Waals surface area (Å²) in [5, 5.41) is 56.0. The standard InChI is InChI=1S/C55H82N20O18S4/c1-25(65-53(92)39-5-3-13-75(39)54(93)33(16-40(57)78)69-51(90)36(21-95)72-52(91)35(20-94)71-45(84)29(56)10-11-42(80)81)44(83)74-38-23-97-96-22-37(43(58)82)73-50(89)34(19-76)70-48(87)31(14-26-6-8-28(77)9-7-26)67-49(88)32(15-27-17-61-24-64-27)68-47(86)30(4-2-12-62-55(59)60)66-41(79)18-63-46(38)85/h6-9,17,24-25,29-39,76-77,94-95H,2-5,10-16,18-23,56H2,1H3,(H2,57,78)(H2,58,82)(H,61,64)(H,63,85)(H,65,92)(H,66,79)(H,67,88)(H,68,86)(H,69,90)(H,70,87)(H,71,84)(H,72,91)(H,73,89)(H,74,83)(H,80,81)(H4,59,60,62)/t25-,29-,30-,31-,32-,33-,34-,35-,36-,37?,38?,39-/m0/s1. The fourth-order valence-electron chi connectivity index (χ4n) is 9.30. The van der Waals surface area contributed by atoms with Crippen molar-refractivity contribution in [2.45, 2.75) is 137 Å². The highest BCUT2D eigenvalue weighted by molar-refractivity contribution is 8.76. The molecule has 2 unspecified atom stereocenters. The van der Waals surface area contributed by atoms with E-state index in [1.165, 1.54) is 43.7 Å². The number of phenolic OH excluding ortho intramolecular Hbond substituents is 1. The first kappa shape index (κ1) is 80.3. The maximum absolute atomic E-state index is 14.4. The Morgan fingerprint density at radius 1 is 0.742 bits per heavy atom. The highest BCUT2D eigenvalue weighted by Crippen LogP contribution is 2.24. The van der Waals surface area contributed by atoms with E-state index < -0.39 is 193 Å². The van der Waals surface area contributed by atoms with Crippen LogP contribution in [0.4, 0.5) is 0 Å². The van der Waals surface area contributed by atoms with Crippen LogP contribution in [0.5, 0.6) is 5.75 Å². The molecule has 0 spiro atoms. The molecule has 2 fully saturated rings. The van der Waals surface area contributed by atoms with Crippen molar-refractivity contribution in [2.24, 2.45) is 33.7 Å². The number of aliphatic hydroxyl groups is 1. The van der Waals surface area contributed by atoms with Gasteiger partial charge < -0.3 is 112 Å². The van der Waals surface area contributed by atoms with E-state index in [4.69, 9.17) is 33.8 Å². The number of nitrogens with two attached hydrogens (primary N) is 5. The van der Waals surface area contributed by atoms with Crippen molar-refractivity contribution in [1.29, 1.82) is 0 Å². The summed E-state index contributed by atoms with van der Waals surface area (Å²) < 4.78 is 0. The molecule has 38 nitrogen and oxygen atoms in total. The molecule has 0 bridgehead atoms. The average Bonchev–Trinajstić information content (AvgIpc) is 1.75. The van der Waals surface area contributed by atoms with Gasteiger partial charge in [0.25, 0.3) is 0 Å². The van der Waals surface area contributed by atoms with Crippen molar-refractivity contribution in [3.63, 3.8) is 0 Å². The summed E-state index contributed by atoms with van der Waals surface area (Å²) in [6.45, 7) is -0.815. The zero-order valence-corrected chi connectivity index (χ0v) is 55.7. The minimum atomic E-state index is -1.78. The number of guanidine groups is 1. The molecule has 3 heterocycles. The van der Waals surface area contributed by atoms with Gasteiger partial charge in [0.2, 0.25) is 82.7 Å². The van der Waals surface area contributed by atoms with Gasteiger partial charge in [0.1, 0.15) is 72.2 Å². The molecule has 0 aliphatic carbocycles. The zero-order valence-electron chi connectivity index (χ0n) is 52.3. The molecule has 4 rings (SSSR count). The number of nitrogens with one attached hydrogen (secondary N) is 12. The van der Waals surface area contributed by atoms with Crippen LogP contribution >= 0.6 is 46.8 Å². The predicted octanol–water partition coefficient (Wildman–Crippen LogP) is -9.27. The SMILES string of the molecule is C[C@H](NC(=O)[C@@H]1CCCN1C(=O)[C@H](CC(N)=O)NC(=O)[C@H](CS)NC(=O)[C@H](CS)NC(=O)[C@@H](N)CCC(=O)O)C(=O)NC1CSSCC(C(N)=O)NC(=O)[C@H](CO)NC(=O)[C@H](Cc2ccc(O)cc2)NC(=O)[C@H](Cc2cnc[nH]2)NC(=O)[C@H](CCCN=C(N)N)NC(=O)CNC1=O. The Bertz CT molecular complexity index is 3170. The number of phenols is 1. The second kappa shape index (κ2) is 40.4. The van der Waals surface area contributed by atoms with Gasteiger partial charge in [0.05, 0.1) is 31.9 Å². The van der Waals surface area contributed by atoms with Crippen LogP contribution in [-0.4, -0.2) is 247 Å². The van der Waals surface area contributed by atoms with Gasteiger partial charge >= 0.3 is 5.97 Å². The first-order valence-electron chi connectivity index (χ1n) is 30.0. The van der Waals surface area contributed by atoms with E-state index in [9.17, 15) is 82.1 Å². The number of thiol groups is 2. The number of benzene rings is 1. The van der Waals surface area contributed by atoms with Crippen LogP contribution in [0.15, 0.2) is 41.8 Å². The van der Waals surface area contributed by atoms with Gasteiger partial charge in [-0.3, -0.25) is 76.9 Å². The molecule has 2 aliphatic heterocycles. The number of carboxylic acid groups (broad SMARTS) is 1. The predicted molar refractivity (Wildman–Crippen MR) is 354 cm³/mol. The molecule has 25 N–H and O–H groups in total. The summed E-state index contributed by atoms with van der Waals surface area (Å²) in [7, 11) is 1.69. The smallest absolute Gasteiger partial charge is 0.303 e. The molecule has 534 valence electrons. The maximum atomic E-state index is 14.4. The molecular formula is C55H82N20O18S4. The molecule has 0 radical (unpaired) electrons. The van der Waals surface area contributed by atoms with Gasteiger partial charge in [0.15, 0.2) is 5.96 Å². The lowest BCUT2D eigenvalue weighted by Crippen LogP contribution is -2.60. The van der Waals surface area contributed by atoms with Gasteiger partial charge in [-0.1, -0.05) is 33.7 Å². The number of aliphatic imine (C=N–C) groups is 1. The number of primary amides is 2. The number of aliphatic carboxylic acids is 1. The number of aliphatic hydroxyl groups excluding tert-OH is 1. The Morgan fingerprint density at radius 2 is 1.33 bits per heavy atom. The van der Waals surface area contributed by atoms with Gasteiger partial charge in [-0.2, -0.15) is 25.3 Å². The van der Waals surface area contributed by atoms with Crippen molar-refractivity contribution < 1.29 is 87.2 Å². The number of amides is 14. The molecule has 2 aliphatic rings. The summed E-state index contributed by atoms with van der Waals surface area (Å²) in [5.41, 5.74) is 28.6. The molecule has 2 aromatic rings. The second-order valence-electron chi connectivity index (χ2n) is 22.1. The van der Waals surface area contributed by atoms with Crippen LogP contribution in [0, 0.1) is 0 Å². The Hall–Kier alpha value is -9.13. The number of hydrogen-bond acceptors (Lipinski definition) is 24. The van der Waals surface area contributed by atoms with Gasteiger partial charge in [0, 0.05) is 67.3 Å². The number of H-pyrrole nitrogens is 1. The Kier molecular flexibility index (Phi) is 33.5. The molecule has 1 aromatic heterocycles. The maximum Gasteiger partial charge on any atom is 0.303 e. The van der Waals surface area contributed by atoms with E-state index in [-0.39, 0.29) is 87.0 Å². The first-order valence-corrected chi connectivity index (χ1v) is 33.7. The number of imidazole rings is 1. The van der Waals surface area contributed by atoms with E-state index in [0.29, 0.717) is 11.3 Å². The van der Waals surface area contributed by atoms with Crippen LogP contribution < -0.4 is 87.2 Å². The summed E-state index contributed by atoms with van der Waals surface area (Å²) in [6, 6.07) is -12.7. The molecule has 12 atom stereocenters. The lowest BCUT2D eigenvalue weighted by atomic mass is 10.0. The van der Waals surface area contributed by atoms with Gasteiger partial charge in [-0.05, 0) is 56.7 Å². The Labute approximate surface area is 573 Å². The van der Waals surface area contributed by atoms with E-state index in [0.717, 1.165) is 26.5 Å². The highest BCUT2D eigenvalue weighted by Gasteiger charge is 2.41. The third-order valence-electron chi connectivity index (χ3n) is 14.5. The van der Waals surface area contributed by atoms with Crippen molar-refractivity contribution in [1.82, 2.24) is 73.4 Å². The summed E-state index contributed by atoms with van der Waals surface area (Å²) in [4.78, 5) is 214. The van der Waals surface area contributed by atoms with Crippen molar-refractivity contribution in [3.8, 4) is 5.75 Å². The molecular weight excluding hydrogens is 1360 g/mol. The Balaban J connectivity index is 1.58. The number of nitrogens with zero attached hydrogens (tertiary/aromatic N) is 3. The monoisotopic (exact) mass is 1440 g/mol. The number of hydrogen-bond donors (Lipinski definition) is 22. The van der Waals surface area contributed by atoms with Crippen LogP contribution in [-0.2, 0) is 84.8 Å². The summed E-state index contributed by atoms with van der Waals surface area (Å²) in [5.74, 6) is -17.1. The number of aromatic nitrogens is 2. The average molecular weight is 1440 g/mol. The topological polar surface area (TPSA) is 623 Å². The van der Waals surface area contributed by atoms with E-state index in [1.54, 1.807) is 0 Å². The number of rotatable bonds is 28. The van der Waals surface area contributed by atoms with Gasteiger partial charge in [-0.15, -0.1) is 0 Å². The second-order valence-corrected chi connectivity index (χ2v) is 25.4. The third-order valence-corrected chi connectivity index (χ3v) is 17.7. The molecule has 42 heteroatoms. The number of likely N-dealkylation sites (tertiary alicyclic amines) is 1. The fraction of sp³-hybridized carbons (Fsp3) is 0.545. The summed E-state index contributed by atoms with van der Waals surface area (Å²) >= 11 is 8.20. The van der Waals surface area contributed by atoms with E-state index in [2.05, 4.69) is 98.7 Å². The first-order chi connectivity index (χ1) is 45.9. The highest BCUT2D eigenvalue weighted by atomic mass is 33.1. The fourth-order valence-corrected chi connectivity index (χ4v) is 12.2. The number of carboxylic acids is 1. The van der Waals surface area contributed by atoms with E-state index >= 15 is 0 Å². The number of aromatic hydroxyl groups is 1. The van der Waals surface area contributed by atoms with E-state index in [1.807, 2.05) is 0 Å². The minimum absolute atomic E-state index is 0.000698. The normalized spacial score (nSPS) is 21.7. The summed E-state index contributed by atoms with van der Waals surface area (Å²) in [6.07, 6.45) is 0.653. The quantitative estimate of drug-likeness (QED) is 0.0124. The molecule has 14 amide bonds. The van der Waals surface area contributed by atoms with Crippen LogP contribution in [0.25, 0.3) is 0 Å². The van der Waals surface area contributed by atoms with Crippen molar-refractivity contribution >= 4 is 141 Å². The van der Waals surface area contributed by atoms with Crippen LogP contribution in [0.3, 0.4) is 0 Å². The molecule has 0 saturated carbocycles. The Morgan fingerprint density at radius 3 is 1.91 bits per heavy atom. The number of aromatic amines is 1. The van der Waals surface area contributed by atoms with Gasteiger partial charge in [-0.25, -0.2) is 4.98 Å². The molecule has 2 saturated heterocycles. The molecule has 97 heavy (non-hydrogen) atoms. The largest absolute Gasteiger partial charge is 0.508 e. The minimum Gasteiger partial charge on any atom is -0.508 e. The van der Waals surface area contributed by atoms with Crippen LogP contribution in [0.1, 0.15) is 63.1 Å². The van der Waals surface area contributed by atoms with Crippen LogP contribution in [0.2, 0.25) is 0 Å². The number of carbonyl (C=O) groups is 15. The third kappa shape index (κ3) is 27.1. The van der Waals surface area contributed by atoms with Crippen molar-refractivity contribution in [2.75, 3.05) is 49.3 Å². The zero-order chi connectivity index (χ0) is 72.1. The number of carbonyl (C=O) groups excluding carboxylic acids is 14. The van der Waals surface area contributed by atoms with Crippen molar-refractivity contribution in [3.05, 3.63) is 48.0 Å². The lowest BCUT2D eigenvalue weighted by Gasteiger charge is -2.30. The molecule has 1 aromatic carbocycles. The lowest BCUT2D eigenvalue weighted by molar-refractivity contribution is -0.143.